The molecular weight excluding hydrogens is 332 g/mol. The van der Waals surface area contributed by atoms with E-state index in [1.54, 1.807) is 7.11 Å². The van der Waals surface area contributed by atoms with E-state index < -0.39 is 0 Å². The van der Waals surface area contributed by atoms with E-state index in [2.05, 4.69) is 84.7 Å². The Morgan fingerprint density at radius 1 is 0.926 bits per heavy atom. The summed E-state index contributed by atoms with van der Waals surface area (Å²) in [6.07, 6.45) is 0. The topological polar surface area (TPSA) is 24.5 Å². The molecule has 1 aliphatic heterocycles. The van der Waals surface area contributed by atoms with E-state index in [-0.39, 0.29) is 6.04 Å². The highest BCUT2D eigenvalue weighted by molar-refractivity contribution is 5.83. The lowest BCUT2D eigenvalue weighted by atomic mass is 9.92. The minimum Gasteiger partial charge on any atom is -0.497 e. The largest absolute Gasteiger partial charge is 0.497 e. The number of hydrogen-bond acceptors (Lipinski definition) is 3. The maximum atomic E-state index is 5.52. The minimum atomic E-state index is 0.212. The predicted octanol–water partition coefficient (Wildman–Crippen LogP) is 4.62. The number of hydrogen-bond donors (Lipinski definition) is 1. The molecule has 27 heavy (non-hydrogen) atoms. The highest BCUT2D eigenvalue weighted by Gasteiger charge is 2.31. The van der Waals surface area contributed by atoms with Gasteiger partial charge in [-0.05, 0) is 53.9 Å². The number of nitrogens with zero attached hydrogens (tertiary/aromatic N) is 1. The Kier molecular flexibility index (Phi) is 5.15. The summed E-state index contributed by atoms with van der Waals surface area (Å²) < 4.78 is 5.52. The van der Waals surface area contributed by atoms with Gasteiger partial charge < -0.3 is 10.1 Å². The van der Waals surface area contributed by atoms with Crippen LogP contribution in [0.25, 0.3) is 10.8 Å². The molecule has 0 bridgehead atoms. The van der Waals surface area contributed by atoms with Crippen LogP contribution < -0.4 is 10.1 Å². The Morgan fingerprint density at radius 2 is 1.70 bits per heavy atom. The number of benzene rings is 3. The van der Waals surface area contributed by atoms with Gasteiger partial charge in [-0.1, -0.05) is 48.5 Å². The van der Waals surface area contributed by atoms with Crippen LogP contribution in [0, 0.1) is 0 Å². The molecule has 1 saturated heterocycles. The fourth-order valence-corrected chi connectivity index (χ4v) is 4.17. The zero-order valence-electron chi connectivity index (χ0n) is 16.4. The van der Waals surface area contributed by atoms with E-state index in [9.17, 15) is 0 Å². The number of methoxy groups -OCH3 is 1. The lowest BCUT2D eigenvalue weighted by Crippen LogP contribution is -2.55. The second-order valence-corrected chi connectivity index (χ2v) is 7.64. The van der Waals surface area contributed by atoms with E-state index in [1.165, 1.54) is 21.9 Å². The van der Waals surface area contributed by atoms with E-state index in [1.807, 2.05) is 6.07 Å². The Hall–Kier alpha value is -2.36. The van der Waals surface area contributed by atoms with Gasteiger partial charge in [-0.3, -0.25) is 4.90 Å². The summed E-state index contributed by atoms with van der Waals surface area (Å²) in [5.74, 6) is 0.911. The van der Waals surface area contributed by atoms with Crippen molar-refractivity contribution in [3.63, 3.8) is 0 Å². The maximum Gasteiger partial charge on any atom is 0.119 e. The van der Waals surface area contributed by atoms with Crippen LogP contribution in [0.15, 0.2) is 66.7 Å². The van der Waals surface area contributed by atoms with Crippen molar-refractivity contribution in [2.24, 2.45) is 0 Å². The average molecular weight is 361 g/mol. The zero-order valence-corrected chi connectivity index (χ0v) is 16.4. The third-order valence-electron chi connectivity index (χ3n) is 5.64. The second-order valence-electron chi connectivity index (χ2n) is 7.64. The van der Waals surface area contributed by atoms with Crippen LogP contribution in [-0.4, -0.2) is 37.2 Å². The Bertz CT molecular complexity index is 923. The van der Waals surface area contributed by atoms with Gasteiger partial charge in [-0.25, -0.2) is 0 Å². The molecule has 0 aliphatic carbocycles. The van der Waals surface area contributed by atoms with Crippen molar-refractivity contribution in [2.75, 3.05) is 20.2 Å². The lowest BCUT2D eigenvalue weighted by Gasteiger charge is -2.43. The first-order valence-electron chi connectivity index (χ1n) is 9.77. The number of rotatable bonds is 4. The van der Waals surface area contributed by atoms with Gasteiger partial charge in [-0.15, -0.1) is 0 Å². The lowest BCUT2D eigenvalue weighted by molar-refractivity contribution is 0.113. The highest BCUT2D eigenvalue weighted by atomic mass is 16.5. The van der Waals surface area contributed by atoms with Gasteiger partial charge in [0.2, 0.25) is 0 Å². The summed E-state index contributed by atoms with van der Waals surface area (Å²) in [6.45, 7) is 6.61. The fourth-order valence-electron chi connectivity index (χ4n) is 4.17. The number of piperazine rings is 1. The maximum absolute atomic E-state index is 5.52. The monoisotopic (exact) mass is 360 g/mol. The number of ether oxygens (including phenoxy) is 1. The summed E-state index contributed by atoms with van der Waals surface area (Å²) >= 11 is 0. The van der Waals surface area contributed by atoms with Crippen LogP contribution in [0.3, 0.4) is 0 Å². The van der Waals surface area contributed by atoms with E-state index in [4.69, 9.17) is 4.74 Å². The van der Waals surface area contributed by atoms with Gasteiger partial charge in [0.25, 0.3) is 0 Å². The summed E-state index contributed by atoms with van der Waals surface area (Å²) in [5.41, 5.74) is 2.62. The zero-order chi connectivity index (χ0) is 18.8. The first-order chi connectivity index (χ1) is 13.2. The molecule has 140 valence electrons. The Balaban J connectivity index is 1.83. The SMILES string of the molecule is COc1cccc(C(c2ccc3ccccc3c2)N2C[C@H](C)NC[C@H]2C)c1. The number of nitrogens with one attached hydrogen (secondary N) is 1. The quantitative estimate of drug-likeness (QED) is 0.735. The summed E-state index contributed by atoms with van der Waals surface area (Å²) in [6, 6.07) is 25.1. The van der Waals surface area contributed by atoms with Crippen LogP contribution in [-0.2, 0) is 0 Å². The van der Waals surface area contributed by atoms with Crippen LogP contribution in [0.2, 0.25) is 0 Å². The molecule has 1 aliphatic rings. The summed E-state index contributed by atoms with van der Waals surface area (Å²) in [5, 5.41) is 6.18. The Labute approximate surface area is 162 Å². The van der Waals surface area contributed by atoms with Crippen LogP contribution >= 0.6 is 0 Å². The number of fused-ring (bicyclic) bond motifs is 1. The second kappa shape index (κ2) is 7.71. The molecule has 0 spiro atoms. The minimum absolute atomic E-state index is 0.212. The van der Waals surface area contributed by atoms with Gasteiger partial charge in [0.1, 0.15) is 5.75 Å². The Morgan fingerprint density at radius 3 is 2.52 bits per heavy atom. The molecule has 3 aromatic rings. The molecule has 1 heterocycles. The van der Waals surface area contributed by atoms with Crippen LogP contribution in [0.5, 0.6) is 5.75 Å². The molecule has 4 rings (SSSR count). The molecule has 0 radical (unpaired) electrons. The van der Waals surface area contributed by atoms with Crippen molar-refractivity contribution >= 4 is 10.8 Å². The van der Waals surface area contributed by atoms with Gasteiger partial charge in [0, 0.05) is 25.2 Å². The summed E-state index contributed by atoms with van der Waals surface area (Å²) in [4.78, 5) is 2.63. The molecule has 0 amide bonds. The highest BCUT2D eigenvalue weighted by Crippen LogP contribution is 2.34. The van der Waals surface area contributed by atoms with Crippen molar-refractivity contribution < 1.29 is 4.74 Å². The molecule has 1 N–H and O–H groups in total. The standard InChI is InChI=1S/C24H28N2O/c1-17-16-26(18(2)15-25-17)24(21-9-6-10-23(14-21)27-3)22-12-11-19-7-4-5-8-20(19)13-22/h4-14,17-18,24-25H,15-16H2,1-3H3/t17-,18+,24?/m0/s1. The first-order valence-corrected chi connectivity index (χ1v) is 9.77. The molecule has 3 nitrogen and oxygen atoms in total. The van der Waals surface area contributed by atoms with Gasteiger partial charge in [0.05, 0.1) is 13.2 Å². The predicted molar refractivity (Wildman–Crippen MR) is 112 cm³/mol. The van der Waals surface area contributed by atoms with E-state index in [0.717, 1.165) is 18.8 Å². The van der Waals surface area contributed by atoms with E-state index in [0.29, 0.717) is 12.1 Å². The third-order valence-corrected chi connectivity index (χ3v) is 5.64. The van der Waals surface area contributed by atoms with Crippen molar-refractivity contribution in [1.82, 2.24) is 10.2 Å². The van der Waals surface area contributed by atoms with Crippen molar-refractivity contribution in [3.8, 4) is 5.75 Å². The van der Waals surface area contributed by atoms with E-state index >= 15 is 0 Å². The summed E-state index contributed by atoms with van der Waals surface area (Å²) in [7, 11) is 1.74. The van der Waals surface area contributed by atoms with Gasteiger partial charge >= 0.3 is 0 Å². The molecule has 3 heteroatoms. The normalized spacial score (nSPS) is 21.9. The fraction of sp³-hybridized carbons (Fsp3) is 0.333. The first kappa shape index (κ1) is 18.0. The van der Waals surface area contributed by atoms with Crippen molar-refractivity contribution in [2.45, 2.75) is 32.0 Å². The molecule has 0 saturated carbocycles. The third kappa shape index (κ3) is 3.71. The molecule has 1 fully saturated rings. The average Bonchev–Trinajstić information content (AvgIpc) is 2.71. The smallest absolute Gasteiger partial charge is 0.119 e. The molecular formula is C24H28N2O. The van der Waals surface area contributed by atoms with Crippen molar-refractivity contribution in [3.05, 3.63) is 77.9 Å². The molecule has 0 aromatic heterocycles. The molecule has 3 aromatic carbocycles. The van der Waals surface area contributed by atoms with Gasteiger partial charge in [-0.2, -0.15) is 0 Å². The molecule has 1 unspecified atom stereocenters. The van der Waals surface area contributed by atoms with Gasteiger partial charge in [0.15, 0.2) is 0 Å². The molecule has 3 atom stereocenters. The van der Waals surface area contributed by atoms with Crippen molar-refractivity contribution in [1.29, 1.82) is 0 Å². The van der Waals surface area contributed by atoms with Crippen LogP contribution in [0.4, 0.5) is 0 Å². The van der Waals surface area contributed by atoms with Crippen LogP contribution in [0.1, 0.15) is 31.0 Å².